The molecule has 2 aliphatic carbocycles. The van der Waals surface area contributed by atoms with E-state index in [1.165, 1.54) is 0 Å². The first-order valence-electron chi connectivity index (χ1n) is 20.5. The lowest BCUT2D eigenvalue weighted by Crippen LogP contribution is -2.74. The van der Waals surface area contributed by atoms with E-state index < -0.39 is 29.7 Å². The smallest absolute Gasteiger partial charge is 0.262 e. The van der Waals surface area contributed by atoms with E-state index >= 15 is 0 Å². The Hall–Kier alpha value is -5.98. The second-order valence-electron chi connectivity index (χ2n) is 18.2. The van der Waals surface area contributed by atoms with Gasteiger partial charge in [0.1, 0.15) is 24.0 Å². The fourth-order valence-electron chi connectivity index (χ4n) is 11.1. The van der Waals surface area contributed by atoms with Crippen LogP contribution in [0.15, 0.2) is 48.5 Å². The first-order valence-corrected chi connectivity index (χ1v) is 20.9. The number of amides is 6. The third-order valence-electron chi connectivity index (χ3n) is 13.6. The predicted octanol–water partition coefficient (Wildman–Crippen LogP) is 6.15. The molecule has 0 radical (unpaired) electrons. The molecule has 12 nitrogen and oxygen atoms in total. The van der Waals surface area contributed by atoms with E-state index in [0.717, 1.165) is 40.0 Å². The van der Waals surface area contributed by atoms with Crippen molar-refractivity contribution < 1.29 is 33.5 Å². The van der Waals surface area contributed by atoms with Gasteiger partial charge in [0, 0.05) is 72.0 Å². The quantitative estimate of drug-likeness (QED) is 0.237. The number of piperidine rings is 1. The molecule has 2 saturated carbocycles. The lowest BCUT2D eigenvalue weighted by Gasteiger charge is -2.65. The van der Waals surface area contributed by atoms with Gasteiger partial charge in [-0.2, -0.15) is 5.26 Å². The first kappa shape index (κ1) is 39.5. The van der Waals surface area contributed by atoms with Crippen molar-refractivity contribution in [1.29, 1.82) is 5.26 Å². The molecule has 0 bridgehead atoms. The van der Waals surface area contributed by atoms with Gasteiger partial charge in [0.05, 0.1) is 21.7 Å². The van der Waals surface area contributed by atoms with Gasteiger partial charge in [-0.05, 0) is 91.3 Å². The Morgan fingerprint density at radius 3 is 2.08 bits per heavy atom. The first-order chi connectivity index (χ1) is 28.6. The highest BCUT2D eigenvalue weighted by atomic mass is 35.5. The number of fused-ring (bicyclic) bond motifs is 3. The van der Waals surface area contributed by atoms with Gasteiger partial charge in [0.15, 0.2) is 0 Å². The number of rotatable bonds is 5. The average Bonchev–Trinajstić information content (AvgIpc) is 3.85. The van der Waals surface area contributed by atoms with Crippen molar-refractivity contribution >= 4 is 47.0 Å². The van der Waals surface area contributed by atoms with E-state index in [1.54, 1.807) is 35.2 Å². The SMILES string of the molecule is CC1(C)[C@H](Oc2ccc(C#N)c(Cl)c2)C(C)(C)[C@H]1N1Cc2cc(C#C[C@H]3CC[C@H](C(=O)N4Cc5cc6c(cc5C4)C(=O)N(C4CCC(=O)NC4=O)C6=O)CC3)ccc2C1=O. The fourth-order valence-corrected chi connectivity index (χ4v) is 11.3. The topological polar surface area (TPSA) is 157 Å². The molecule has 0 spiro atoms. The Labute approximate surface area is 353 Å². The molecule has 4 aliphatic heterocycles. The highest BCUT2D eigenvalue weighted by Crippen LogP contribution is 2.59. The largest absolute Gasteiger partial charge is 0.489 e. The van der Waals surface area contributed by atoms with Gasteiger partial charge in [0.2, 0.25) is 17.7 Å². The van der Waals surface area contributed by atoms with Crippen molar-refractivity contribution in [3.8, 4) is 23.7 Å². The van der Waals surface area contributed by atoms with Crippen molar-refractivity contribution in [2.75, 3.05) is 0 Å². The normalized spacial score (nSPS) is 26.0. The number of benzene rings is 3. The average molecular weight is 826 g/mol. The van der Waals surface area contributed by atoms with Crippen LogP contribution in [-0.4, -0.2) is 68.3 Å². The summed E-state index contributed by atoms with van der Waals surface area (Å²) >= 11 is 6.29. The van der Waals surface area contributed by atoms with Crippen LogP contribution < -0.4 is 10.1 Å². The summed E-state index contributed by atoms with van der Waals surface area (Å²) < 4.78 is 6.47. The summed E-state index contributed by atoms with van der Waals surface area (Å²) in [5, 5.41) is 11.8. The summed E-state index contributed by atoms with van der Waals surface area (Å²) in [6.45, 7) is 9.66. The molecule has 3 aromatic carbocycles. The fraction of sp³-hybridized carbons (Fsp3) is 0.426. The van der Waals surface area contributed by atoms with Crippen LogP contribution in [0.2, 0.25) is 5.02 Å². The highest BCUT2D eigenvalue weighted by molar-refractivity contribution is 6.31. The molecule has 9 rings (SSSR count). The summed E-state index contributed by atoms with van der Waals surface area (Å²) in [4.78, 5) is 83.0. The third kappa shape index (κ3) is 6.35. The van der Waals surface area contributed by atoms with Crippen LogP contribution in [0.1, 0.15) is 125 Å². The number of nitrogens with zero attached hydrogens (tertiary/aromatic N) is 4. The molecule has 0 aromatic heterocycles. The number of ether oxygens (including phenoxy) is 1. The Morgan fingerprint density at radius 1 is 0.800 bits per heavy atom. The van der Waals surface area contributed by atoms with E-state index in [-0.39, 0.29) is 70.6 Å². The van der Waals surface area contributed by atoms with Crippen molar-refractivity contribution in [2.24, 2.45) is 22.7 Å². The predicted molar refractivity (Wildman–Crippen MR) is 218 cm³/mol. The molecule has 1 unspecified atom stereocenters. The summed E-state index contributed by atoms with van der Waals surface area (Å²) in [6.07, 6.45) is 2.96. The number of imide groups is 2. The van der Waals surface area contributed by atoms with Gasteiger partial charge >= 0.3 is 0 Å². The molecular formula is C47H44ClN5O7. The van der Waals surface area contributed by atoms with Gasteiger partial charge in [0.25, 0.3) is 17.7 Å². The van der Waals surface area contributed by atoms with Gasteiger partial charge < -0.3 is 14.5 Å². The van der Waals surface area contributed by atoms with E-state index in [9.17, 15) is 34.0 Å². The van der Waals surface area contributed by atoms with Crippen molar-refractivity contribution in [2.45, 2.75) is 104 Å². The second kappa shape index (κ2) is 14.3. The molecule has 3 aromatic rings. The maximum absolute atomic E-state index is 13.8. The molecule has 4 heterocycles. The minimum atomic E-state index is -1.02. The molecule has 6 aliphatic rings. The lowest BCUT2D eigenvalue weighted by atomic mass is 9.49. The number of halogens is 1. The van der Waals surface area contributed by atoms with Gasteiger partial charge in [-0.15, -0.1) is 0 Å². The molecule has 3 fully saturated rings. The van der Waals surface area contributed by atoms with Gasteiger partial charge in [-0.3, -0.25) is 39.0 Å². The number of nitriles is 1. The maximum Gasteiger partial charge on any atom is 0.262 e. The minimum absolute atomic E-state index is 0.00196. The van der Waals surface area contributed by atoms with Crippen LogP contribution in [0.3, 0.4) is 0 Å². The third-order valence-corrected chi connectivity index (χ3v) is 13.9. The maximum atomic E-state index is 13.8. The molecular weight excluding hydrogens is 782 g/mol. The van der Waals surface area contributed by atoms with Gasteiger partial charge in [-0.1, -0.05) is 51.1 Å². The molecule has 1 atom stereocenters. The zero-order valence-corrected chi connectivity index (χ0v) is 34.7. The number of nitrogens with one attached hydrogen (secondary N) is 1. The summed E-state index contributed by atoms with van der Waals surface area (Å²) in [7, 11) is 0. The monoisotopic (exact) mass is 825 g/mol. The molecule has 1 saturated heterocycles. The van der Waals surface area contributed by atoms with Crippen LogP contribution in [0.25, 0.3) is 0 Å². The highest BCUT2D eigenvalue weighted by Gasteiger charge is 2.67. The Morgan fingerprint density at radius 2 is 1.47 bits per heavy atom. The van der Waals surface area contributed by atoms with E-state index in [4.69, 9.17) is 16.3 Å². The zero-order valence-electron chi connectivity index (χ0n) is 33.9. The number of hydrogen-bond donors (Lipinski definition) is 1. The molecule has 306 valence electrons. The second-order valence-corrected chi connectivity index (χ2v) is 18.6. The van der Waals surface area contributed by atoms with Crippen LogP contribution in [-0.2, 0) is 34.0 Å². The molecule has 1 N–H and O–H groups in total. The van der Waals surface area contributed by atoms with Crippen LogP contribution >= 0.6 is 11.6 Å². The Kier molecular flexibility index (Phi) is 9.44. The van der Waals surface area contributed by atoms with Crippen molar-refractivity contribution in [1.82, 2.24) is 20.0 Å². The summed E-state index contributed by atoms with van der Waals surface area (Å²) in [6, 6.07) is 15.2. The van der Waals surface area contributed by atoms with Crippen LogP contribution in [0.4, 0.5) is 0 Å². The lowest BCUT2D eigenvalue weighted by molar-refractivity contribution is -0.199. The Bertz CT molecular complexity index is 2490. The molecule has 6 amide bonds. The summed E-state index contributed by atoms with van der Waals surface area (Å²) in [5.74, 6) is 5.28. The van der Waals surface area contributed by atoms with Crippen LogP contribution in [0, 0.1) is 45.8 Å². The molecule has 60 heavy (non-hydrogen) atoms. The van der Waals surface area contributed by atoms with Crippen molar-refractivity contribution in [3.05, 3.63) is 98.1 Å². The summed E-state index contributed by atoms with van der Waals surface area (Å²) in [5.41, 5.74) is 4.23. The van der Waals surface area contributed by atoms with Gasteiger partial charge in [-0.25, -0.2) is 0 Å². The van der Waals surface area contributed by atoms with E-state index in [0.29, 0.717) is 54.4 Å². The van der Waals surface area contributed by atoms with E-state index in [1.807, 2.05) is 23.1 Å². The zero-order chi connectivity index (χ0) is 42.4. The van der Waals surface area contributed by atoms with Crippen LogP contribution in [0.5, 0.6) is 5.75 Å². The minimum Gasteiger partial charge on any atom is -0.489 e. The number of carbonyl (C=O) groups excluding carboxylic acids is 6. The number of carbonyl (C=O) groups is 6. The Balaban J connectivity index is 0.795. The number of hydrogen-bond acceptors (Lipinski definition) is 8. The van der Waals surface area contributed by atoms with Crippen molar-refractivity contribution in [3.63, 3.8) is 0 Å². The molecule has 13 heteroatoms. The standard InChI is InChI=1S/C47H44ClN5O7/c1-46(2)44(47(3,4)45(46)60-32-13-12-28(21-49)36(48)20-32)52-24-31-17-26(9-14-33(31)41(52)57)6-5-25-7-10-27(11-8-25)40(56)51-22-29-18-34-35(19-30(29)23-51)43(59)53(42(34)58)37-15-16-38(54)50-39(37)55/h9,12-14,17-20,25,27,37,44-45H,7-8,10-11,15-16,22-24H2,1-4H3,(H,50,54,55)/t25-,27-,37?,44-,45-. The van der Waals surface area contributed by atoms with E-state index in [2.05, 4.69) is 50.9 Å².